The first-order valence-electron chi connectivity index (χ1n) is 7.66. The molecule has 1 atom stereocenters. The molecule has 132 valence electrons. The molecule has 0 radical (unpaired) electrons. The van der Waals surface area contributed by atoms with Crippen LogP contribution in [-0.2, 0) is 17.9 Å². The molecule has 1 unspecified atom stereocenters. The fraction of sp³-hybridized carbons (Fsp3) is 0.438. The van der Waals surface area contributed by atoms with Crippen LogP contribution in [0.15, 0.2) is 30.3 Å². The van der Waals surface area contributed by atoms with Gasteiger partial charge in [0.25, 0.3) is 0 Å². The molecule has 0 saturated heterocycles. The van der Waals surface area contributed by atoms with Crippen molar-refractivity contribution >= 4 is 30.7 Å². The Kier molecular flexibility index (Phi) is 7.66. The van der Waals surface area contributed by atoms with E-state index >= 15 is 0 Å². The minimum atomic E-state index is 0. The molecule has 0 saturated carbocycles. The second kappa shape index (κ2) is 9.01. The van der Waals surface area contributed by atoms with Gasteiger partial charge in [0.05, 0.1) is 6.54 Å². The van der Waals surface area contributed by atoms with Crippen LogP contribution < -0.4 is 5.73 Å². The molecule has 24 heavy (non-hydrogen) atoms. The molecular weight excluding hydrogens is 349 g/mol. The van der Waals surface area contributed by atoms with Gasteiger partial charge < -0.3 is 15.2 Å². The average Bonchev–Trinajstić information content (AvgIpc) is 2.96. The Morgan fingerprint density at radius 3 is 2.58 bits per heavy atom. The lowest BCUT2D eigenvalue weighted by Crippen LogP contribution is -2.39. The molecule has 3 rings (SSSR count). The minimum Gasteiger partial charge on any atom is -0.333 e. The third-order valence-corrected chi connectivity index (χ3v) is 3.95. The number of fused-ring (bicyclic) bond motifs is 1. The molecular formula is C16H23Cl2N5O. The number of halogens is 2. The zero-order chi connectivity index (χ0) is 15.5. The molecule has 1 aliphatic rings. The Morgan fingerprint density at radius 1 is 1.21 bits per heavy atom. The van der Waals surface area contributed by atoms with E-state index in [1.807, 2.05) is 42.2 Å². The van der Waals surface area contributed by atoms with Crippen molar-refractivity contribution in [2.24, 2.45) is 5.73 Å². The number of hydrogen-bond donors (Lipinski definition) is 1. The summed E-state index contributed by atoms with van der Waals surface area (Å²) >= 11 is 0. The maximum atomic E-state index is 12.2. The molecule has 2 heterocycles. The highest BCUT2D eigenvalue weighted by Crippen LogP contribution is 2.21. The normalized spacial score (nSPS) is 14.2. The summed E-state index contributed by atoms with van der Waals surface area (Å²) in [6.45, 7) is 3.88. The van der Waals surface area contributed by atoms with Gasteiger partial charge in [-0.3, -0.25) is 4.79 Å². The van der Waals surface area contributed by atoms with E-state index in [2.05, 4.69) is 14.8 Å². The summed E-state index contributed by atoms with van der Waals surface area (Å²) in [7, 11) is 0. The molecule has 0 bridgehead atoms. The van der Waals surface area contributed by atoms with Crippen LogP contribution in [0, 0.1) is 0 Å². The number of nitrogens with two attached hydrogens (primary N) is 1. The molecule has 6 nitrogen and oxygen atoms in total. The van der Waals surface area contributed by atoms with E-state index in [0.29, 0.717) is 19.5 Å². The Hall–Kier alpha value is -1.63. The topological polar surface area (TPSA) is 77.0 Å². The number of carbonyl (C=O) groups excluding carboxylic acids is 1. The smallest absolute Gasteiger partial charge is 0.223 e. The number of rotatable bonds is 4. The molecule has 0 aliphatic carbocycles. The van der Waals surface area contributed by atoms with Crippen LogP contribution in [0.3, 0.4) is 0 Å². The SMILES string of the molecule is CC(N)CCC(=O)N1CCn2c(nnc2-c2ccccc2)C1.Cl.Cl. The summed E-state index contributed by atoms with van der Waals surface area (Å²) in [5.74, 6) is 1.87. The van der Waals surface area contributed by atoms with Gasteiger partial charge in [-0.1, -0.05) is 30.3 Å². The Balaban J connectivity index is 0.00000144. The minimum absolute atomic E-state index is 0. The Bertz CT molecular complexity index is 660. The number of hydrogen-bond acceptors (Lipinski definition) is 4. The highest BCUT2D eigenvalue weighted by Gasteiger charge is 2.24. The van der Waals surface area contributed by atoms with Crippen molar-refractivity contribution in [3.63, 3.8) is 0 Å². The summed E-state index contributed by atoms with van der Waals surface area (Å²) in [5, 5.41) is 8.55. The monoisotopic (exact) mass is 371 g/mol. The lowest BCUT2D eigenvalue weighted by atomic mass is 10.1. The summed E-state index contributed by atoms with van der Waals surface area (Å²) in [6, 6.07) is 10.1. The van der Waals surface area contributed by atoms with Crippen molar-refractivity contribution in [2.75, 3.05) is 6.54 Å². The van der Waals surface area contributed by atoms with Gasteiger partial charge in [0.15, 0.2) is 11.6 Å². The Labute approximate surface area is 154 Å². The second-order valence-electron chi connectivity index (χ2n) is 5.79. The largest absolute Gasteiger partial charge is 0.333 e. The predicted molar refractivity (Wildman–Crippen MR) is 98.3 cm³/mol. The first-order valence-corrected chi connectivity index (χ1v) is 7.66. The van der Waals surface area contributed by atoms with E-state index in [4.69, 9.17) is 5.73 Å². The van der Waals surface area contributed by atoms with Crippen molar-refractivity contribution in [3.05, 3.63) is 36.2 Å². The van der Waals surface area contributed by atoms with Crippen molar-refractivity contribution in [1.82, 2.24) is 19.7 Å². The second-order valence-corrected chi connectivity index (χ2v) is 5.79. The van der Waals surface area contributed by atoms with Gasteiger partial charge >= 0.3 is 0 Å². The highest BCUT2D eigenvalue weighted by atomic mass is 35.5. The maximum Gasteiger partial charge on any atom is 0.223 e. The van der Waals surface area contributed by atoms with Crippen LogP contribution in [-0.4, -0.2) is 38.2 Å². The predicted octanol–water partition coefficient (Wildman–Crippen LogP) is 2.26. The summed E-state index contributed by atoms with van der Waals surface area (Å²) < 4.78 is 2.10. The average molecular weight is 372 g/mol. The molecule has 8 heteroatoms. The zero-order valence-electron chi connectivity index (χ0n) is 13.6. The third kappa shape index (κ3) is 4.47. The molecule has 1 amide bonds. The van der Waals surface area contributed by atoms with Crippen molar-refractivity contribution in [2.45, 2.75) is 38.9 Å². The van der Waals surface area contributed by atoms with Gasteiger partial charge in [0.1, 0.15) is 0 Å². The van der Waals surface area contributed by atoms with E-state index < -0.39 is 0 Å². The first-order chi connectivity index (χ1) is 10.6. The molecule has 2 N–H and O–H groups in total. The van der Waals surface area contributed by atoms with Gasteiger partial charge in [0.2, 0.25) is 5.91 Å². The lowest BCUT2D eigenvalue weighted by molar-refractivity contribution is -0.132. The third-order valence-electron chi connectivity index (χ3n) is 3.95. The fourth-order valence-electron chi connectivity index (χ4n) is 2.68. The quantitative estimate of drug-likeness (QED) is 0.893. The molecule has 0 fully saturated rings. The van der Waals surface area contributed by atoms with E-state index in [-0.39, 0.29) is 36.8 Å². The highest BCUT2D eigenvalue weighted by molar-refractivity contribution is 5.85. The van der Waals surface area contributed by atoms with Gasteiger partial charge in [-0.05, 0) is 13.3 Å². The first kappa shape index (κ1) is 20.4. The van der Waals surface area contributed by atoms with Crippen LogP contribution >= 0.6 is 24.8 Å². The molecule has 2 aromatic rings. The number of nitrogens with zero attached hydrogens (tertiary/aromatic N) is 4. The van der Waals surface area contributed by atoms with E-state index in [1.165, 1.54) is 0 Å². The number of amides is 1. The van der Waals surface area contributed by atoms with Gasteiger partial charge in [-0.2, -0.15) is 0 Å². The lowest BCUT2D eigenvalue weighted by Gasteiger charge is -2.28. The van der Waals surface area contributed by atoms with E-state index in [1.54, 1.807) is 0 Å². The molecule has 1 aliphatic heterocycles. The molecule has 1 aromatic carbocycles. The van der Waals surface area contributed by atoms with Crippen LogP contribution in [0.1, 0.15) is 25.6 Å². The van der Waals surface area contributed by atoms with Crippen LogP contribution in [0.4, 0.5) is 0 Å². The maximum absolute atomic E-state index is 12.2. The van der Waals surface area contributed by atoms with E-state index in [9.17, 15) is 4.79 Å². The number of aromatic nitrogens is 3. The van der Waals surface area contributed by atoms with E-state index in [0.717, 1.165) is 30.2 Å². The van der Waals surface area contributed by atoms with Gasteiger partial charge in [0, 0.05) is 31.1 Å². The van der Waals surface area contributed by atoms with Crippen LogP contribution in [0.2, 0.25) is 0 Å². The van der Waals surface area contributed by atoms with Crippen LogP contribution in [0.5, 0.6) is 0 Å². The summed E-state index contributed by atoms with van der Waals surface area (Å²) in [6.07, 6.45) is 1.22. The van der Waals surface area contributed by atoms with Crippen molar-refractivity contribution in [1.29, 1.82) is 0 Å². The number of benzene rings is 1. The van der Waals surface area contributed by atoms with Gasteiger partial charge in [-0.15, -0.1) is 35.0 Å². The van der Waals surface area contributed by atoms with Crippen molar-refractivity contribution in [3.8, 4) is 11.4 Å². The summed E-state index contributed by atoms with van der Waals surface area (Å²) in [5.41, 5.74) is 6.77. The molecule has 0 spiro atoms. The van der Waals surface area contributed by atoms with Crippen LogP contribution in [0.25, 0.3) is 11.4 Å². The fourth-order valence-corrected chi connectivity index (χ4v) is 2.68. The molecule has 1 aromatic heterocycles. The summed E-state index contributed by atoms with van der Waals surface area (Å²) in [4.78, 5) is 14.1. The standard InChI is InChI=1S/C16H21N5O.2ClH/c1-12(17)7-8-15(22)20-9-10-21-14(11-20)18-19-16(21)13-5-3-2-4-6-13;;/h2-6,12H,7-11,17H2,1H3;2*1H. The van der Waals surface area contributed by atoms with Gasteiger partial charge in [-0.25, -0.2) is 0 Å². The van der Waals surface area contributed by atoms with Crippen molar-refractivity contribution < 1.29 is 4.79 Å². The Morgan fingerprint density at radius 2 is 1.92 bits per heavy atom. The number of carbonyl (C=O) groups is 1. The zero-order valence-corrected chi connectivity index (χ0v) is 15.2.